The Bertz CT molecular complexity index is 564. The van der Waals surface area contributed by atoms with E-state index in [0.717, 1.165) is 5.47 Å². The van der Waals surface area contributed by atoms with Gasteiger partial charge in [-0.1, -0.05) is 6.08 Å². The van der Waals surface area contributed by atoms with Crippen LogP contribution in [0.5, 0.6) is 0 Å². The highest BCUT2D eigenvalue weighted by Gasteiger charge is 2.52. The molecule has 6 heteroatoms. The van der Waals surface area contributed by atoms with Gasteiger partial charge in [0.2, 0.25) is 0 Å². The molecule has 0 radical (unpaired) electrons. The van der Waals surface area contributed by atoms with Gasteiger partial charge in [0.25, 0.3) is 5.56 Å². The molecule has 1 N–H and O–H groups in total. The van der Waals surface area contributed by atoms with Gasteiger partial charge in [-0.2, -0.15) is 12.6 Å². The molecule has 20 heavy (non-hydrogen) atoms. The van der Waals surface area contributed by atoms with Gasteiger partial charge in [-0.05, 0) is 45.3 Å². The number of rotatable bonds is 3. The zero-order valence-corrected chi connectivity index (χ0v) is 13.2. The second-order valence-electron chi connectivity index (χ2n) is 5.92. The van der Waals surface area contributed by atoms with Gasteiger partial charge in [0.15, 0.2) is 0 Å². The number of pyridine rings is 1. The van der Waals surface area contributed by atoms with Crippen molar-refractivity contribution in [3.05, 3.63) is 39.7 Å². The van der Waals surface area contributed by atoms with Gasteiger partial charge in [-0.25, -0.2) is 0 Å². The average molecular weight is 293 g/mol. The van der Waals surface area contributed by atoms with Gasteiger partial charge in [-0.3, -0.25) is 4.79 Å². The van der Waals surface area contributed by atoms with Crippen molar-refractivity contribution in [2.45, 2.75) is 38.9 Å². The van der Waals surface area contributed by atoms with Gasteiger partial charge in [0.1, 0.15) is 0 Å². The summed E-state index contributed by atoms with van der Waals surface area (Å²) < 4.78 is 12.0. The van der Waals surface area contributed by atoms with Crippen LogP contribution in [-0.2, 0) is 9.31 Å². The van der Waals surface area contributed by atoms with Crippen molar-refractivity contribution in [1.82, 2.24) is 4.98 Å². The molecule has 0 saturated carbocycles. The molecule has 0 bridgehead atoms. The van der Waals surface area contributed by atoms with Crippen LogP contribution in [0.2, 0.25) is 0 Å². The standard InChI is InChI=1S/C14H20BNO3S/c1-13(2)14(3,4)19-15(18-13)11(9-20)8-10-6-5-7-16-12(10)17/h5-8,20H,9H2,1-4H3,(H,16,17). The molecule has 0 aromatic carbocycles. The van der Waals surface area contributed by atoms with E-state index in [4.69, 9.17) is 9.31 Å². The monoisotopic (exact) mass is 293 g/mol. The van der Waals surface area contributed by atoms with E-state index in [1.807, 2.05) is 27.7 Å². The molecule has 0 amide bonds. The topological polar surface area (TPSA) is 51.3 Å². The van der Waals surface area contributed by atoms with Crippen molar-refractivity contribution in [3.8, 4) is 0 Å². The summed E-state index contributed by atoms with van der Waals surface area (Å²) in [6.45, 7) is 7.99. The maximum absolute atomic E-state index is 11.7. The first kappa shape index (κ1) is 15.4. The first-order valence-electron chi connectivity index (χ1n) is 6.61. The van der Waals surface area contributed by atoms with E-state index in [2.05, 4.69) is 17.6 Å². The van der Waals surface area contributed by atoms with Crippen LogP contribution < -0.4 is 5.56 Å². The Morgan fingerprint density at radius 2 is 1.95 bits per heavy atom. The summed E-state index contributed by atoms with van der Waals surface area (Å²) in [5.74, 6) is 0.463. The SMILES string of the molecule is CC1(C)OB(C(=Cc2ccc[nH]c2=O)CS)OC1(C)C. The Kier molecular flexibility index (Phi) is 4.18. The van der Waals surface area contributed by atoms with Crippen LogP contribution in [0.1, 0.15) is 33.3 Å². The zero-order valence-electron chi connectivity index (χ0n) is 12.3. The van der Waals surface area contributed by atoms with E-state index in [0.29, 0.717) is 11.3 Å². The van der Waals surface area contributed by atoms with Crippen LogP contribution in [0.25, 0.3) is 6.08 Å². The molecule has 1 fully saturated rings. The second-order valence-corrected chi connectivity index (χ2v) is 6.24. The first-order valence-corrected chi connectivity index (χ1v) is 7.25. The molecule has 1 aliphatic heterocycles. The lowest BCUT2D eigenvalue weighted by Gasteiger charge is -2.32. The molecular formula is C14H20BNO3S. The van der Waals surface area contributed by atoms with E-state index in [-0.39, 0.29) is 5.56 Å². The Morgan fingerprint density at radius 1 is 1.35 bits per heavy atom. The van der Waals surface area contributed by atoms with Crippen LogP contribution in [0, 0.1) is 0 Å². The summed E-state index contributed by atoms with van der Waals surface area (Å²) in [5, 5.41) is 0. The van der Waals surface area contributed by atoms with Crippen molar-refractivity contribution in [3.63, 3.8) is 0 Å². The quantitative estimate of drug-likeness (QED) is 0.664. The van der Waals surface area contributed by atoms with Crippen molar-refractivity contribution in [1.29, 1.82) is 0 Å². The van der Waals surface area contributed by atoms with Crippen LogP contribution in [0.3, 0.4) is 0 Å². The van der Waals surface area contributed by atoms with E-state index in [1.165, 1.54) is 0 Å². The van der Waals surface area contributed by atoms with Gasteiger partial charge < -0.3 is 14.3 Å². The summed E-state index contributed by atoms with van der Waals surface area (Å²) in [5.41, 5.74) is 0.476. The predicted octanol–water partition coefficient (Wildman–Crippen LogP) is 2.32. The molecule has 1 aliphatic rings. The molecule has 0 unspecified atom stereocenters. The molecule has 2 heterocycles. The molecule has 1 saturated heterocycles. The summed E-state index contributed by atoms with van der Waals surface area (Å²) in [4.78, 5) is 14.4. The normalized spacial score (nSPS) is 21.2. The Labute approximate surface area is 125 Å². The summed E-state index contributed by atoms with van der Waals surface area (Å²) >= 11 is 4.33. The molecule has 0 aliphatic carbocycles. The van der Waals surface area contributed by atoms with Gasteiger partial charge >= 0.3 is 7.12 Å². The van der Waals surface area contributed by atoms with E-state index in [9.17, 15) is 4.79 Å². The highest BCUT2D eigenvalue weighted by Crippen LogP contribution is 2.38. The Balaban J connectivity index is 2.32. The van der Waals surface area contributed by atoms with Gasteiger partial charge in [0, 0.05) is 17.5 Å². The van der Waals surface area contributed by atoms with E-state index >= 15 is 0 Å². The summed E-state index contributed by atoms with van der Waals surface area (Å²) in [6, 6.07) is 3.54. The fraction of sp³-hybridized carbons (Fsp3) is 0.500. The number of H-pyrrole nitrogens is 1. The average Bonchev–Trinajstić information content (AvgIpc) is 2.57. The molecule has 0 spiro atoms. The van der Waals surface area contributed by atoms with Crippen LogP contribution >= 0.6 is 12.6 Å². The predicted molar refractivity (Wildman–Crippen MR) is 85.0 cm³/mol. The Hall–Kier alpha value is -0.975. The summed E-state index contributed by atoms with van der Waals surface area (Å²) in [6.07, 6.45) is 3.39. The molecule has 4 nitrogen and oxygen atoms in total. The van der Waals surface area contributed by atoms with Gasteiger partial charge in [-0.15, -0.1) is 0 Å². The van der Waals surface area contributed by atoms with Crippen molar-refractivity contribution in [2.24, 2.45) is 0 Å². The fourth-order valence-corrected chi connectivity index (χ4v) is 2.17. The lowest BCUT2D eigenvalue weighted by molar-refractivity contribution is 0.00578. The van der Waals surface area contributed by atoms with Crippen molar-refractivity contribution in [2.75, 3.05) is 5.75 Å². The minimum atomic E-state index is -0.475. The zero-order chi connectivity index (χ0) is 15.0. The van der Waals surface area contributed by atoms with Crippen LogP contribution in [-0.4, -0.2) is 29.1 Å². The molecule has 1 aromatic rings. The van der Waals surface area contributed by atoms with Crippen molar-refractivity contribution < 1.29 is 9.31 Å². The third-order valence-electron chi connectivity index (χ3n) is 3.93. The summed E-state index contributed by atoms with van der Waals surface area (Å²) in [7, 11) is -0.475. The maximum Gasteiger partial charge on any atom is 0.491 e. The second kappa shape index (κ2) is 5.43. The molecule has 0 atom stereocenters. The van der Waals surface area contributed by atoms with Crippen LogP contribution in [0.4, 0.5) is 0 Å². The van der Waals surface area contributed by atoms with Gasteiger partial charge in [0.05, 0.1) is 11.2 Å². The largest absolute Gasteiger partial charge is 0.491 e. The minimum absolute atomic E-state index is 0.136. The van der Waals surface area contributed by atoms with Crippen molar-refractivity contribution >= 4 is 25.8 Å². The van der Waals surface area contributed by atoms with Crippen LogP contribution in [0.15, 0.2) is 28.6 Å². The highest BCUT2D eigenvalue weighted by molar-refractivity contribution is 7.80. The third-order valence-corrected chi connectivity index (χ3v) is 4.29. The molecule has 1 aromatic heterocycles. The number of aromatic amines is 1. The maximum atomic E-state index is 11.7. The number of aromatic nitrogens is 1. The smallest absolute Gasteiger partial charge is 0.400 e. The number of thiol groups is 1. The number of hydrogen-bond acceptors (Lipinski definition) is 4. The Morgan fingerprint density at radius 3 is 2.45 bits per heavy atom. The lowest BCUT2D eigenvalue weighted by Crippen LogP contribution is -2.41. The first-order chi connectivity index (χ1) is 9.27. The fourth-order valence-electron chi connectivity index (χ4n) is 1.93. The number of nitrogens with one attached hydrogen (secondary N) is 1. The lowest BCUT2D eigenvalue weighted by atomic mass is 9.78. The number of hydrogen-bond donors (Lipinski definition) is 2. The van der Waals surface area contributed by atoms with E-state index in [1.54, 1.807) is 24.4 Å². The minimum Gasteiger partial charge on any atom is -0.400 e. The highest BCUT2D eigenvalue weighted by atomic mass is 32.1. The molecular weight excluding hydrogens is 273 g/mol. The third kappa shape index (κ3) is 2.87. The van der Waals surface area contributed by atoms with E-state index < -0.39 is 18.3 Å². The molecule has 2 rings (SSSR count). The molecule has 108 valence electrons.